The third-order valence-corrected chi connectivity index (χ3v) is 7.01. The van der Waals surface area contributed by atoms with Gasteiger partial charge in [-0.05, 0) is 65.9 Å². The minimum atomic E-state index is -1.01. The molecule has 1 saturated heterocycles. The van der Waals surface area contributed by atoms with Gasteiger partial charge in [-0.2, -0.15) is 0 Å². The Kier molecular flexibility index (Phi) is 6.28. The highest BCUT2D eigenvalue weighted by Gasteiger charge is 2.39. The van der Waals surface area contributed by atoms with Gasteiger partial charge in [0.05, 0.1) is 0 Å². The number of fused-ring (bicyclic) bond motifs is 1. The number of hydrogen-bond acceptors (Lipinski definition) is 5. The second-order valence-electron chi connectivity index (χ2n) is 9.48. The zero-order chi connectivity index (χ0) is 24.7. The Hall–Kier alpha value is -3.32. The van der Waals surface area contributed by atoms with Crippen LogP contribution in [0, 0.1) is 11.6 Å². The summed E-state index contributed by atoms with van der Waals surface area (Å²) in [5, 5.41) is 19.6. The molecule has 1 fully saturated rings. The number of ether oxygens (including phenoxy) is 2. The Morgan fingerprint density at radius 2 is 1.66 bits per heavy atom. The third kappa shape index (κ3) is 4.52. The van der Waals surface area contributed by atoms with Crippen molar-refractivity contribution >= 4 is 0 Å². The van der Waals surface area contributed by atoms with Crippen LogP contribution >= 0.6 is 0 Å². The van der Waals surface area contributed by atoms with Crippen LogP contribution in [0.25, 0.3) is 0 Å². The molecule has 3 aromatic carbocycles. The van der Waals surface area contributed by atoms with Crippen LogP contribution < -0.4 is 9.47 Å². The molecule has 2 aliphatic heterocycles. The second-order valence-corrected chi connectivity index (χ2v) is 9.48. The molecular weight excluding hydrogens is 452 g/mol. The predicted octanol–water partition coefficient (Wildman–Crippen LogP) is 5.87. The average molecular weight is 482 g/mol. The highest BCUT2D eigenvalue weighted by atomic mass is 19.1. The van der Waals surface area contributed by atoms with Crippen molar-refractivity contribution in [1.29, 1.82) is 0 Å². The second kappa shape index (κ2) is 9.38. The van der Waals surface area contributed by atoms with E-state index < -0.39 is 29.4 Å². The van der Waals surface area contributed by atoms with Gasteiger partial charge in [-0.15, -0.1) is 0 Å². The first-order valence-electron chi connectivity index (χ1n) is 12.0. The fourth-order valence-corrected chi connectivity index (χ4v) is 5.21. The van der Waals surface area contributed by atoms with Crippen LogP contribution in [-0.4, -0.2) is 40.9 Å². The largest absolute Gasteiger partial charge is 0.508 e. The van der Waals surface area contributed by atoms with Crippen LogP contribution in [0.4, 0.5) is 8.78 Å². The quantitative estimate of drug-likeness (QED) is 0.461. The Morgan fingerprint density at radius 1 is 0.971 bits per heavy atom. The van der Waals surface area contributed by atoms with Gasteiger partial charge in [-0.1, -0.05) is 32.0 Å². The number of benzene rings is 3. The number of nitrogens with zero attached hydrogens (tertiary/aromatic N) is 1. The Morgan fingerprint density at radius 3 is 2.31 bits per heavy atom. The van der Waals surface area contributed by atoms with Crippen LogP contribution in [0.15, 0.2) is 54.6 Å². The number of aromatic hydroxyl groups is 2. The van der Waals surface area contributed by atoms with E-state index in [1.165, 1.54) is 0 Å². The van der Waals surface area contributed by atoms with Crippen LogP contribution in [0.1, 0.15) is 54.9 Å². The minimum absolute atomic E-state index is 0.0798. The summed E-state index contributed by atoms with van der Waals surface area (Å²) in [5.74, 6) is -2.25. The van der Waals surface area contributed by atoms with Gasteiger partial charge in [0.2, 0.25) is 0 Å². The van der Waals surface area contributed by atoms with E-state index in [2.05, 4.69) is 11.8 Å². The normalized spacial score (nSPS) is 22.2. The van der Waals surface area contributed by atoms with Crippen molar-refractivity contribution in [2.24, 2.45) is 0 Å². The maximum Gasteiger partial charge on any atom is 0.187 e. The van der Waals surface area contributed by atoms with Gasteiger partial charge < -0.3 is 19.7 Å². The van der Waals surface area contributed by atoms with E-state index in [1.807, 2.05) is 31.2 Å². The molecule has 5 rings (SSSR count). The zero-order valence-corrected chi connectivity index (χ0v) is 19.7. The number of phenols is 2. The van der Waals surface area contributed by atoms with Crippen molar-refractivity contribution < 1.29 is 28.5 Å². The first kappa shape index (κ1) is 23.4. The molecule has 184 valence electrons. The fourth-order valence-electron chi connectivity index (χ4n) is 5.21. The standard InChI is InChI=1S/C28H29F2NO4/c1-3-10-31-14-21(15-31)34-20-7-4-17(5-8-20)28-26(18-11-23(29)27(33)24(30)12-18)16(2)22-9-6-19(32)13-25(22)35-28/h4-9,11-13,16,21,26,28,32-33H,3,10,14-15H2,1-2H3/t16?,26?,28-/m0/s1. The number of halogens is 2. The van der Waals surface area contributed by atoms with Crippen molar-refractivity contribution in [2.75, 3.05) is 19.6 Å². The molecule has 2 heterocycles. The summed E-state index contributed by atoms with van der Waals surface area (Å²) in [4.78, 5) is 2.35. The number of likely N-dealkylation sites (tertiary alicyclic amines) is 1. The Bertz CT molecular complexity index is 1190. The molecule has 35 heavy (non-hydrogen) atoms. The van der Waals surface area contributed by atoms with E-state index in [0.717, 1.165) is 55.1 Å². The van der Waals surface area contributed by atoms with Crippen molar-refractivity contribution in [1.82, 2.24) is 4.90 Å². The molecule has 3 atom stereocenters. The summed E-state index contributed by atoms with van der Waals surface area (Å²) in [6, 6.07) is 14.8. The van der Waals surface area contributed by atoms with Gasteiger partial charge in [0.1, 0.15) is 29.5 Å². The van der Waals surface area contributed by atoms with E-state index in [1.54, 1.807) is 18.2 Å². The smallest absolute Gasteiger partial charge is 0.187 e. The van der Waals surface area contributed by atoms with Gasteiger partial charge in [0.15, 0.2) is 17.4 Å². The Balaban J connectivity index is 1.45. The summed E-state index contributed by atoms with van der Waals surface area (Å²) in [6.45, 7) is 7.04. The molecular formula is C28H29F2NO4. The van der Waals surface area contributed by atoms with Crippen molar-refractivity contribution in [3.63, 3.8) is 0 Å². The first-order valence-corrected chi connectivity index (χ1v) is 12.0. The summed E-state index contributed by atoms with van der Waals surface area (Å²) >= 11 is 0. The highest BCUT2D eigenvalue weighted by Crippen LogP contribution is 2.52. The zero-order valence-electron chi connectivity index (χ0n) is 19.7. The summed E-state index contributed by atoms with van der Waals surface area (Å²) in [6.07, 6.45) is 0.724. The first-order chi connectivity index (χ1) is 16.8. The monoisotopic (exact) mass is 481 g/mol. The lowest BCUT2D eigenvalue weighted by Gasteiger charge is -2.39. The molecule has 0 aliphatic carbocycles. The lowest BCUT2D eigenvalue weighted by molar-refractivity contribution is 0.0202. The molecule has 2 unspecified atom stereocenters. The van der Waals surface area contributed by atoms with E-state index in [0.29, 0.717) is 11.3 Å². The molecule has 0 saturated carbocycles. The molecule has 7 heteroatoms. The molecule has 0 radical (unpaired) electrons. The van der Waals surface area contributed by atoms with E-state index in [4.69, 9.17) is 9.47 Å². The van der Waals surface area contributed by atoms with Crippen molar-refractivity contribution in [2.45, 2.75) is 44.3 Å². The van der Waals surface area contributed by atoms with Crippen LogP contribution in [0.2, 0.25) is 0 Å². The molecule has 0 amide bonds. The van der Waals surface area contributed by atoms with Gasteiger partial charge in [0, 0.05) is 25.1 Å². The summed E-state index contributed by atoms with van der Waals surface area (Å²) in [7, 11) is 0. The molecule has 2 N–H and O–H groups in total. The van der Waals surface area contributed by atoms with Gasteiger partial charge in [0.25, 0.3) is 0 Å². The minimum Gasteiger partial charge on any atom is -0.508 e. The van der Waals surface area contributed by atoms with Crippen LogP contribution in [0.3, 0.4) is 0 Å². The summed E-state index contributed by atoms with van der Waals surface area (Å²) < 4.78 is 41.0. The van der Waals surface area contributed by atoms with Gasteiger partial charge in [-0.25, -0.2) is 8.78 Å². The molecule has 2 aliphatic rings. The van der Waals surface area contributed by atoms with Crippen molar-refractivity contribution in [3.8, 4) is 23.0 Å². The topological polar surface area (TPSA) is 62.2 Å². The number of phenolic OH excluding ortho intramolecular Hbond substituents is 2. The third-order valence-electron chi connectivity index (χ3n) is 7.01. The highest BCUT2D eigenvalue weighted by molar-refractivity contribution is 5.48. The van der Waals surface area contributed by atoms with Crippen LogP contribution in [-0.2, 0) is 0 Å². The SMILES string of the molecule is CCCN1CC(Oc2ccc([C@@H]3Oc4cc(O)ccc4C(C)C3c3cc(F)c(O)c(F)c3)cc2)C1. The fraction of sp³-hybridized carbons (Fsp3) is 0.357. The molecule has 0 bridgehead atoms. The van der Waals surface area contributed by atoms with Crippen molar-refractivity contribution in [3.05, 3.63) is 82.9 Å². The predicted molar refractivity (Wildman–Crippen MR) is 128 cm³/mol. The van der Waals surface area contributed by atoms with Gasteiger partial charge in [-0.3, -0.25) is 4.90 Å². The lowest BCUT2D eigenvalue weighted by atomic mass is 9.75. The molecule has 5 nitrogen and oxygen atoms in total. The van der Waals surface area contributed by atoms with E-state index in [-0.39, 0.29) is 17.8 Å². The maximum absolute atomic E-state index is 14.3. The number of hydrogen-bond donors (Lipinski definition) is 2. The Labute approximate surface area is 203 Å². The molecule has 3 aromatic rings. The lowest BCUT2D eigenvalue weighted by Crippen LogP contribution is -2.53. The average Bonchev–Trinajstić information content (AvgIpc) is 2.81. The molecule has 0 aromatic heterocycles. The van der Waals surface area contributed by atoms with Gasteiger partial charge >= 0.3 is 0 Å². The van der Waals surface area contributed by atoms with E-state index >= 15 is 0 Å². The summed E-state index contributed by atoms with van der Waals surface area (Å²) in [5.41, 5.74) is 2.04. The van der Waals surface area contributed by atoms with Crippen LogP contribution in [0.5, 0.6) is 23.0 Å². The molecule has 0 spiro atoms. The maximum atomic E-state index is 14.3. The number of rotatable bonds is 6. The van der Waals surface area contributed by atoms with E-state index in [9.17, 15) is 19.0 Å².